The zero-order valence-electron chi connectivity index (χ0n) is 9.29. The van der Waals surface area contributed by atoms with Gasteiger partial charge in [-0.3, -0.25) is 4.79 Å². The number of hydrogen-bond acceptors (Lipinski definition) is 2. The van der Waals surface area contributed by atoms with Crippen LogP contribution in [0.1, 0.15) is 13.8 Å². The fourth-order valence-electron chi connectivity index (χ4n) is 0.815. The highest BCUT2D eigenvalue weighted by Crippen LogP contribution is 2.29. The summed E-state index contributed by atoms with van der Waals surface area (Å²) in [4.78, 5) is 10.7. The SMILES string of the molecule is CC.O=C(CBr)Oc1c(F)c(F)c(F)c(F)c1F. The Morgan fingerprint density at radius 3 is 1.61 bits per heavy atom. The summed E-state index contributed by atoms with van der Waals surface area (Å²) in [6.07, 6.45) is 0. The van der Waals surface area contributed by atoms with E-state index in [2.05, 4.69) is 20.7 Å². The molecular formula is C10H8BrF5O2. The fourth-order valence-corrected chi connectivity index (χ4v) is 0.930. The summed E-state index contributed by atoms with van der Waals surface area (Å²) in [6.45, 7) is 4.00. The van der Waals surface area contributed by atoms with Gasteiger partial charge in [0, 0.05) is 0 Å². The molecule has 0 spiro atoms. The van der Waals surface area contributed by atoms with Crippen molar-refractivity contribution in [1.29, 1.82) is 0 Å². The lowest BCUT2D eigenvalue weighted by molar-refractivity contribution is -0.131. The second kappa shape index (κ2) is 7.30. The van der Waals surface area contributed by atoms with Crippen molar-refractivity contribution >= 4 is 21.9 Å². The van der Waals surface area contributed by atoms with E-state index in [0.29, 0.717) is 0 Å². The van der Waals surface area contributed by atoms with Crippen molar-refractivity contribution in [3.63, 3.8) is 0 Å². The summed E-state index contributed by atoms with van der Waals surface area (Å²) >= 11 is 2.59. The van der Waals surface area contributed by atoms with E-state index in [1.807, 2.05) is 13.8 Å². The lowest BCUT2D eigenvalue weighted by Gasteiger charge is -2.07. The molecule has 2 nitrogen and oxygen atoms in total. The second-order valence-electron chi connectivity index (χ2n) is 2.51. The first-order valence-corrected chi connectivity index (χ1v) is 5.80. The molecule has 0 bridgehead atoms. The molecule has 1 aromatic rings. The van der Waals surface area contributed by atoms with Crippen LogP contribution in [0, 0.1) is 29.1 Å². The lowest BCUT2D eigenvalue weighted by Crippen LogP contribution is -2.14. The molecule has 18 heavy (non-hydrogen) atoms. The summed E-state index contributed by atoms with van der Waals surface area (Å²) in [7, 11) is 0. The van der Waals surface area contributed by atoms with E-state index in [0.717, 1.165) is 0 Å². The van der Waals surface area contributed by atoms with Gasteiger partial charge in [-0.15, -0.1) is 0 Å². The number of ether oxygens (including phenoxy) is 1. The van der Waals surface area contributed by atoms with E-state index in [4.69, 9.17) is 0 Å². The van der Waals surface area contributed by atoms with Crippen LogP contribution in [0.25, 0.3) is 0 Å². The average Bonchev–Trinajstić information content (AvgIpc) is 2.41. The summed E-state index contributed by atoms with van der Waals surface area (Å²) in [5.41, 5.74) is 0. The van der Waals surface area contributed by atoms with E-state index in [1.54, 1.807) is 0 Å². The summed E-state index contributed by atoms with van der Waals surface area (Å²) in [6, 6.07) is 0. The molecular weight excluding hydrogens is 327 g/mol. The molecule has 0 aliphatic carbocycles. The maximum Gasteiger partial charge on any atom is 0.322 e. The number of carbonyl (C=O) groups is 1. The lowest BCUT2D eigenvalue weighted by atomic mass is 10.2. The predicted molar refractivity (Wildman–Crippen MR) is 57.0 cm³/mol. The van der Waals surface area contributed by atoms with Crippen LogP contribution in [-0.2, 0) is 4.79 Å². The maximum atomic E-state index is 12.9. The Hall–Kier alpha value is -1.18. The number of hydrogen-bond donors (Lipinski definition) is 0. The number of esters is 1. The van der Waals surface area contributed by atoms with Gasteiger partial charge in [0.15, 0.2) is 0 Å². The first kappa shape index (κ1) is 16.8. The minimum atomic E-state index is -2.31. The molecule has 8 heteroatoms. The first-order chi connectivity index (χ1) is 8.40. The minimum Gasteiger partial charge on any atom is -0.419 e. The van der Waals surface area contributed by atoms with Crippen molar-refractivity contribution in [3.8, 4) is 5.75 Å². The van der Waals surface area contributed by atoms with Gasteiger partial charge in [0.25, 0.3) is 0 Å². The van der Waals surface area contributed by atoms with Gasteiger partial charge in [-0.25, -0.2) is 13.2 Å². The van der Waals surface area contributed by atoms with Gasteiger partial charge in [0.1, 0.15) is 5.33 Å². The first-order valence-electron chi connectivity index (χ1n) is 4.68. The van der Waals surface area contributed by atoms with Crippen LogP contribution in [-0.4, -0.2) is 11.3 Å². The highest BCUT2D eigenvalue weighted by molar-refractivity contribution is 9.09. The standard InChI is InChI=1S/C8H2BrF5O2.C2H6/c9-1-2(15)16-8-6(13)4(11)3(10)5(12)7(8)14;1-2/h1H2;1-2H3. The Balaban J connectivity index is 0.00000137. The van der Waals surface area contributed by atoms with Crippen molar-refractivity contribution < 1.29 is 31.5 Å². The fraction of sp³-hybridized carbons (Fsp3) is 0.300. The van der Waals surface area contributed by atoms with Gasteiger partial charge in [-0.05, 0) is 0 Å². The molecule has 0 radical (unpaired) electrons. The maximum absolute atomic E-state index is 12.9. The Kier molecular flexibility index (Phi) is 6.82. The van der Waals surface area contributed by atoms with Crippen LogP contribution in [0.15, 0.2) is 0 Å². The molecule has 0 heterocycles. The third kappa shape index (κ3) is 3.41. The van der Waals surface area contributed by atoms with E-state index in [1.165, 1.54) is 0 Å². The summed E-state index contributed by atoms with van der Waals surface area (Å²) in [5.74, 6) is -13.8. The van der Waals surface area contributed by atoms with Gasteiger partial charge in [-0.1, -0.05) is 29.8 Å². The Morgan fingerprint density at radius 1 is 0.944 bits per heavy atom. The smallest absolute Gasteiger partial charge is 0.322 e. The molecule has 0 aliphatic heterocycles. The normalized spacial score (nSPS) is 9.56. The highest BCUT2D eigenvalue weighted by atomic mass is 79.9. The Labute approximate surface area is 108 Å². The molecule has 1 rings (SSSR count). The third-order valence-electron chi connectivity index (χ3n) is 1.49. The molecule has 1 aromatic carbocycles. The molecule has 0 amide bonds. The van der Waals surface area contributed by atoms with Gasteiger partial charge in [-0.2, -0.15) is 8.78 Å². The molecule has 0 aromatic heterocycles. The van der Waals surface area contributed by atoms with E-state index >= 15 is 0 Å². The molecule has 0 unspecified atom stereocenters. The molecule has 0 saturated carbocycles. The van der Waals surface area contributed by atoms with Crippen molar-refractivity contribution in [2.24, 2.45) is 0 Å². The van der Waals surface area contributed by atoms with Gasteiger partial charge >= 0.3 is 5.97 Å². The number of halogens is 6. The quantitative estimate of drug-likeness (QED) is 0.206. The minimum absolute atomic E-state index is 0.452. The van der Waals surface area contributed by atoms with Crippen LogP contribution < -0.4 is 4.74 Å². The van der Waals surface area contributed by atoms with E-state index in [9.17, 15) is 26.7 Å². The van der Waals surface area contributed by atoms with Gasteiger partial charge in [0.05, 0.1) is 0 Å². The molecule has 0 saturated heterocycles. The third-order valence-corrected chi connectivity index (χ3v) is 1.95. The Morgan fingerprint density at radius 2 is 1.28 bits per heavy atom. The molecule has 0 aliphatic rings. The highest BCUT2D eigenvalue weighted by Gasteiger charge is 2.28. The van der Waals surface area contributed by atoms with E-state index in [-0.39, 0.29) is 0 Å². The number of alkyl halides is 1. The summed E-state index contributed by atoms with van der Waals surface area (Å²) < 4.78 is 67.5. The number of benzene rings is 1. The molecule has 0 atom stereocenters. The van der Waals surface area contributed by atoms with Crippen LogP contribution >= 0.6 is 15.9 Å². The van der Waals surface area contributed by atoms with Crippen LogP contribution in [0.2, 0.25) is 0 Å². The second-order valence-corrected chi connectivity index (χ2v) is 3.07. The number of rotatable bonds is 2. The van der Waals surface area contributed by atoms with E-state index < -0.39 is 46.1 Å². The molecule has 0 N–H and O–H groups in total. The van der Waals surface area contributed by atoms with Gasteiger partial charge in [0.2, 0.25) is 34.8 Å². The molecule has 102 valence electrons. The van der Waals surface area contributed by atoms with Crippen LogP contribution in [0.5, 0.6) is 5.75 Å². The topological polar surface area (TPSA) is 26.3 Å². The van der Waals surface area contributed by atoms with Crippen LogP contribution in [0.4, 0.5) is 22.0 Å². The van der Waals surface area contributed by atoms with Crippen molar-refractivity contribution in [3.05, 3.63) is 29.1 Å². The summed E-state index contributed by atoms with van der Waals surface area (Å²) in [5, 5.41) is -0.452. The van der Waals surface area contributed by atoms with Crippen LogP contribution in [0.3, 0.4) is 0 Å². The van der Waals surface area contributed by atoms with Crippen molar-refractivity contribution in [2.75, 3.05) is 5.33 Å². The average molecular weight is 335 g/mol. The molecule has 0 fully saturated rings. The van der Waals surface area contributed by atoms with Gasteiger partial charge < -0.3 is 4.74 Å². The largest absolute Gasteiger partial charge is 0.419 e. The predicted octanol–water partition coefficient (Wildman–Crippen LogP) is 3.71. The zero-order valence-corrected chi connectivity index (χ0v) is 10.9. The monoisotopic (exact) mass is 334 g/mol. The zero-order chi connectivity index (χ0) is 14.5. The van der Waals surface area contributed by atoms with Crippen molar-refractivity contribution in [2.45, 2.75) is 13.8 Å². The Bertz CT molecular complexity index is 421. The number of carbonyl (C=O) groups excluding carboxylic acids is 1. The van der Waals surface area contributed by atoms with Crippen molar-refractivity contribution in [1.82, 2.24) is 0 Å².